The highest BCUT2D eigenvalue weighted by Gasteiger charge is 2.31. The lowest BCUT2D eigenvalue weighted by molar-refractivity contribution is -0.274. The Morgan fingerprint density at radius 1 is 1.12 bits per heavy atom. The van der Waals surface area contributed by atoms with Gasteiger partial charge in [0.15, 0.2) is 5.82 Å². The van der Waals surface area contributed by atoms with Gasteiger partial charge in [-0.25, -0.2) is 0 Å². The van der Waals surface area contributed by atoms with Gasteiger partial charge in [0.1, 0.15) is 10.8 Å². The van der Waals surface area contributed by atoms with Gasteiger partial charge in [-0.2, -0.15) is 14.7 Å². The van der Waals surface area contributed by atoms with Crippen LogP contribution in [0.3, 0.4) is 0 Å². The van der Waals surface area contributed by atoms with E-state index in [1.807, 2.05) is 14.0 Å². The van der Waals surface area contributed by atoms with E-state index in [2.05, 4.69) is 25.1 Å². The second-order valence-corrected chi connectivity index (χ2v) is 6.42. The predicted molar refractivity (Wildman–Crippen MR) is 87.7 cm³/mol. The molecule has 11 heteroatoms. The van der Waals surface area contributed by atoms with Gasteiger partial charge >= 0.3 is 6.36 Å². The van der Waals surface area contributed by atoms with E-state index in [4.69, 9.17) is 0 Å². The summed E-state index contributed by atoms with van der Waals surface area (Å²) in [6.45, 7) is 1.91. The first-order chi connectivity index (χ1) is 12.3. The van der Waals surface area contributed by atoms with Crippen LogP contribution in [-0.2, 0) is 7.05 Å². The van der Waals surface area contributed by atoms with Crippen molar-refractivity contribution in [1.29, 1.82) is 0 Å². The fraction of sp³-hybridized carbons (Fsp3) is 0.200. The average Bonchev–Trinajstić information content (AvgIpc) is 3.23. The highest BCUT2D eigenvalue weighted by atomic mass is 32.1. The van der Waals surface area contributed by atoms with E-state index in [1.54, 1.807) is 15.4 Å². The number of ether oxygens (including phenoxy) is 1. The number of halogens is 3. The minimum absolute atomic E-state index is 0.282. The highest BCUT2D eigenvalue weighted by Crippen LogP contribution is 2.31. The number of hydrogen-bond acceptors (Lipinski definition) is 6. The summed E-state index contributed by atoms with van der Waals surface area (Å²) in [5, 5.41) is 17.5. The summed E-state index contributed by atoms with van der Waals surface area (Å²) < 4.78 is 43.9. The predicted octanol–water partition coefficient (Wildman–Crippen LogP) is 3.46. The van der Waals surface area contributed by atoms with Gasteiger partial charge < -0.3 is 4.74 Å². The van der Waals surface area contributed by atoms with Crippen LogP contribution in [0.25, 0.3) is 26.9 Å². The third-order valence-electron chi connectivity index (χ3n) is 3.80. The highest BCUT2D eigenvalue weighted by molar-refractivity contribution is 7.19. The Kier molecular flexibility index (Phi) is 3.68. The number of alkyl halides is 3. The van der Waals surface area contributed by atoms with Crippen LogP contribution < -0.4 is 4.74 Å². The summed E-state index contributed by atoms with van der Waals surface area (Å²) in [5.41, 5.74) is 2.39. The fourth-order valence-corrected chi connectivity index (χ4v) is 3.26. The zero-order valence-corrected chi connectivity index (χ0v) is 14.3. The molecule has 0 spiro atoms. The smallest absolute Gasteiger partial charge is 0.406 e. The molecule has 0 atom stereocenters. The molecule has 4 aromatic rings. The molecule has 3 heterocycles. The van der Waals surface area contributed by atoms with Crippen LogP contribution >= 0.6 is 11.3 Å². The maximum atomic E-state index is 12.2. The van der Waals surface area contributed by atoms with Crippen LogP contribution in [0.1, 0.15) is 5.69 Å². The number of rotatable bonds is 3. The van der Waals surface area contributed by atoms with Gasteiger partial charge in [0.05, 0.1) is 11.8 Å². The number of hydrogen-bond donors (Lipinski definition) is 0. The molecule has 0 fully saturated rings. The largest absolute Gasteiger partial charge is 0.573 e. The molecule has 26 heavy (non-hydrogen) atoms. The van der Waals surface area contributed by atoms with Crippen molar-refractivity contribution in [1.82, 2.24) is 29.6 Å². The number of nitrogens with zero attached hydrogens (tertiary/aromatic N) is 6. The van der Waals surface area contributed by atoms with Crippen LogP contribution in [0.2, 0.25) is 0 Å². The molecule has 0 aliphatic rings. The maximum Gasteiger partial charge on any atom is 0.573 e. The van der Waals surface area contributed by atoms with Gasteiger partial charge in [-0.1, -0.05) is 11.3 Å². The van der Waals surface area contributed by atoms with Crippen LogP contribution in [0, 0.1) is 6.92 Å². The lowest BCUT2D eigenvalue weighted by atomic mass is 10.2. The summed E-state index contributed by atoms with van der Waals surface area (Å²) in [4.78, 5) is 0.578. The minimum atomic E-state index is -4.72. The number of fused-ring (bicyclic) bond motifs is 1. The minimum Gasteiger partial charge on any atom is -0.406 e. The van der Waals surface area contributed by atoms with E-state index in [0.29, 0.717) is 21.4 Å². The van der Waals surface area contributed by atoms with Gasteiger partial charge in [0.25, 0.3) is 0 Å². The molecular weight excluding hydrogens is 369 g/mol. The normalized spacial score (nSPS) is 12.0. The van der Waals surface area contributed by atoms with Crippen LogP contribution in [0.4, 0.5) is 13.2 Å². The molecular formula is C15H11F3N6OS. The van der Waals surface area contributed by atoms with Crippen LogP contribution in [0.15, 0.2) is 30.5 Å². The van der Waals surface area contributed by atoms with Crippen molar-refractivity contribution in [2.24, 2.45) is 7.05 Å². The van der Waals surface area contributed by atoms with Gasteiger partial charge in [0, 0.05) is 18.3 Å². The first-order valence-electron chi connectivity index (χ1n) is 7.39. The summed E-state index contributed by atoms with van der Waals surface area (Å²) in [6, 6.07) is 5.53. The molecule has 0 aliphatic heterocycles. The molecule has 0 unspecified atom stereocenters. The topological polar surface area (TPSA) is 70.1 Å². The second-order valence-electron chi connectivity index (χ2n) is 5.46. The van der Waals surface area contributed by atoms with Gasteiger partial charge in [-0.05, 0) is 31.2 Å². The summed E-state index contributed by atoms with van der Waals surface area (Å²) in [6.07, 6.45) is -3.03. The molecule has 0 saturated carbocycles. The SMILES string of the molecule is Cc1c(-c2nnc3sc(-c4ccc(OC(F)(F)F)cc4)nn23)cnn1C. The molecule has 3 aromatic heterocycles. The third-order valence-corrected chi connectivity index (χ3v) is 4.75. The first kappa shape index (κ1) is 16.5. The number of benzene rings is 1. The Balaban J connectivity index is 1.69. The van der Waals surface area contributed by atoms with E-state index >= 15 is 0 Å². The molecule has 4 rings (SSSR count). The monoisotopic (exact) mass is 380 g/mol. The van der Waals surface area contributed by atoms with E-state index in [9.17, 15) is 13.2 Å². The van der Waals surface area contributed by atoms with E-state index in [1.165, 1.54) is 35.6 Å². The average molecular weight is 380 g/mol. The molecule has 7 nitrogen and oxygen atoms in total. The quantitative estimate of drug-likeness (QED) is 0.544. The first-order valence-corrected chi connectivity index (χ1v) is 8.21. The Morgan fingerprint density at radius 3 is 2.46 bits per heavy atom. The Bertz CT molecular complexity index is 1080. The zero-order valence-electron chi connectivity index (χ0n) is 13.5. The van der Waals surface area contributed by atoms with Gasteiger partial charge in [0.2, 0.25) is 4.96 Å². The van der Waals surface area contributed by atoms with Gasteiger partial charge in [-0.3, -0.25) is 4.68 Å². The molecule has 0 saturated heterocycles. The molecule has 0 N–H and O–H groups in total. The molecule has 1 aromatic carbocycles. The second kappa shape index (κ2) is 5.80. The zero-order chi connectivity index (χ0) is 18.5. The van der Waals surface area contributed by atoms with Crippen LogP contribution in [0.5, 0.6) is 5.75 Å². The summed E-state index contributed by atoms with van der Waals surface area (Å²) >= 11 is 1.29. The van der Waals surface area contributed by atoms with Crippen molar-refractivity contribution in [3.05, 3.63) is 36.2 Å². The van der Waals surface area contributed by atoms with Crippen molar-refractivity contribution >= 4 is 16.3 Å². The molecule has 0 aliphatic carbocycles. The maximum absolute atomic E-state index is 12.2. The number of aromatic nitrogens is 6. The third kappa shape index (κ3) is 2.90. The summed E-state index contributed by atoms with van der Waals surface area (Å²) in [5.74, 6) is 0.279. The lowest BCUT2D eigenvalue weighted by Gasteiger charge is -2.08. The summed E-state index contributed by atoms with van der Waals surface area (Å²) in [7, 11) is 1.83. The van der Waals surface area contributed by atoms with Gasteiger partial charge in [-0.15, -0.1) is 23.4 Å². The van der Waals surface area contributed by atoms with E-state index in [-0.39, 0.29) is 5.75 Å². The Morgan fingerprint density at radius 2 is 1.85 bits per heavy atom. The van der Waals surface area contributed by atoms with Crippen molar-refractivity contribution in [3.63, 3.8) is 0 Å². The standard InChI is InChI=1S/C15H11F3N6OS/c1-8-11(7-19-23(8)2)12-20-21-14-24(12)22-13(26-14)9-3-5-10(6-4-9)25-15(16,17)18/h3-7H,1-2H3. The lowest BCUT2D eigenvalue weighted by Crippen LogP contribution is -2.16. The van der Waals surface area contributed by atoms with E-state index < -0.39 is 6.36 Å². The molecule has 0 radical (unpaired) electrons. The Hall–Kier alpha value is -2.95. The Labute approximate surface area is 148 Å². The van der Waals surface area contributed by atoms with Crippen molar-refractivity contribution in [3.8, 4) is 27.7 Å². The molecule has 0 amide bonds. The van der Waals surface area contributed by atoms with Crippen molar-refractivity contribution < 1.29 is 17.9 Å². The molecule has 134 valence electrons. The molecule has 0 bridgehead atoms. The van der Waals surface area contributed by atoms with Crippen molar-refractivity contribution in [2.75, 3.05) is 0 Å². The number of aryl methyl sites for hydroxylation is 1. The van der Waals surface area contributed by atoms with E-state index in [0.717, 1.165) is 11.3 Å². The van der Waals surface area contributed by atoms with Crippen LogP contribution in [-0.4, -0.2) is 36.0 Å². The fourth-order valence-electron chi connectivity index (χ4n) is 2.42. The van der Waals surface area contributed by atoms with Crippen molar-refractivity contribution in [2.45, 2.75) is 13.3 Å².